The molecule has 1 heterocycles. The zero-order valence-corrected chi connectivity index (χ0v) is 12.7. The lowest BCUT2D eigenvalue weighted by Gasteiger charge is -2.09. The number of urea groups is 1. The van der Waals surface area contributed by atoms with Gasteiger partial charge in [0.25, 0.3) is 0 Å². The predicted molar refractivity (Wildman–Crippen MR) is 82.1 cm³/mol. The van der Waals surface area contributed by atoms with E-state index in [1.165, 1.54) is 11.3 Å². The molecule has 21 heavy (non-hydrogen) atoms. The number of aromatic nitrogens is 1. The molecule has 2 N–H and O–H groups in total. The minimum absolute atomic E-state index is 0.0736. The molecule has 0 aliphatic carbocycles. The molecule has 0 radical (unpaired) electrons. The van der Waals surface area contributed by atoms with E-state index in [-0.39, 0.29) is 12.8 Å². The first kappa shape index (κ1) is 15.1. The van der Waals surface area contributed by atoms with Crippen molar-refractivity contribution < 1.29 is 14.3 Å². The second kappa shape index (κ2) is 7.49. The van der Waals surface area contributed by atoms with E-state index in [0.717, 1.165) is 11.4 Å². The SMILES string of the molecule is CCOc1ccc(OCNC(=O)Nc2nc(C)cs2)cc1. The van der Waals surface area contributed by atoms with Crippen molar-refractivity contribution >= 4 is 22.5 Å². The van der Waals surface area contributed by atoms with Gasteiger partial charge in [0.15, 0.2) is 11.9 Å². The number of aryl methyl sites for hydroxylation is 1. The van der Waals surface area contributed by atoms with E-state index in [0.29, 0.717) is 17.5 Å². The van der Waals surface area contributed by atoms with Crippen molar-refractivity contribution in [2.24, 2.45) is 0 Å². The van der Waals surface area contributed by atoms with E-state index < -0.39 is 0 Å². The van der Waals surface area contributed by atoms with Gasteiger partial charge in [-0.05, 0) is 38.1 Å². The van der Waals surface area contributed by atoms with Crippen LogP contribution in [-0.4, -0.2) is 24.4 Å². The Balaban J connectivity index is 1.72. The van der Waals surface area contributed by atoms with Crippen LogP contribution >= 0.6 is 11.3 Å². The fraction of sp³-hybridized carbons (Fsp3) is 0.286. The maximum absolute atomic E-state index is 11.6. The van der Waals surface area contributed by atoms with Gasteiger partial charge in [-0.2, -0.15) is 0 Å². The molecule has 7 heteroatoms. The van der Waals surface area contributed by atoms with Gasteiger partial charge >= 0.3 is 6.03 Å². The number of carbonyl (C=O) groups excluding carboxylic acids is 1. The van der Waals surface area contributed by atoms with Gasteiger partial charge in [-0.3, -0.25) is 5.32 Å². The summed E-state index contributed by atoms with van der Waals surface area (Å²) < 4.78 is 10.7. The molecule has 0 fully saturated rings. The van der Waals surface area contributed by atoms with Crippen molar-refractivity contribution in [1.29, 1.82) is 0 Å². The number of amides is 2. The number of thiazole rings is 1. The Hall–Kier alpha value is -2.28. The van der Waals surface area contributed by atoms with Gasteiger partial charge < -0.3 is 14.8 Å². The van der Waals surface area contributed by atoms with Crippen LogP contribution in [-0.2, 0) is 0 Å². The zero-order valence-electron chi connectivity index (χ0n) is 11.9. The summed E-state index contributed by atoms with van der Waals surface area (Å²) in [6.45, 7) is 4.49. The molecule has 2 rings (SSSR count). The summed E-state index contributed by atoms with van der Waals surface area (Å²) in [6, 6.07) is 6.85. The van der Waals surface area contributed by atoms with Crippen molar-refractivity contribution in [3.8, 4) is 11.5 Å². The third-order valence-corrected chi connectivity index (χ3v) is 3.32. The quantitative estimate of drug-likeness (QED) is 0.805. The third-order valence-electron chi connectivity index (χ3n) is 2.45. The molecule has 0 atom stereocenters. The Labute approximate surface area is 127 Å². The molecule has 112 valence electrons. The van der Waals surface area contributed by atoms with Crippen LogP contribution in [0.15, 0.2) is 29.6 Å². The van der Waals surface area contributed by atoms with E-state index in [1.807, 2.05) is 31.4 Å². The second-order valence-corrected chi connectivity index (χ2v) is 4.98. The highest BCUT2D eigenvalue weighted by atomic mass is 32.1. The number of hydrogen-bond donors (Lipinski definition) is 2. The molecule has 0 aliphatic rings. The van der Waals surface area contributed by atoms with Crippen LogP contribution in [0.2, 0.25) is 0 Å². The molecular weight excluding hydrogens is 290 g/mol. The van der Waals surface area contributed by atoms with Crippen LogP contribution in [0.25, 0.3) is 0 Å². The molecule has 2 amide bonds. The number of nitrogens with zero attached hydrogens (tertiary/aromatic N) is 1. The van der Waals surface area contributed by atoms with Crippen molar-refractivity contribution in [1.82, 2.24) is 10.3 Å². The summed E-state index contributed by atoms with van der Waals surface area (Å²) in [5.41, 5.74) is 0.876. The summed E-state index contributed by atoms with van der Waals surface area (Å²) in [6.07, 6.45) is 0. The topological polar surface area (TPSA) is 72.5 Å². The Morgan fingerprint density at radius 2 is 1.90 bits per heavy atom. The van der Waals surface area contributed by atoms with Gasteiger partial charge in [-0.25, -0.2) is 9.78 Å². The number of rotatable bonds is 6. The zero-order chi connectivity index (χ0) is 15.1. The minimum Gasteiger partial charge on any atom is -0.494 e. The van der Waals surface area contributed by atoms with E-state index in [9.17, 15) is 4.79 Å². The predicted octanol–water partition coefficient (Wildman–Crippen LogP) is 3.01. The smallest absolute Gasteiger partial charge is 0.323 e. The Morgan fingerprint density at radius 3 is 2.48 bits per heavy atom. The fourth-order valence-electron chi connectivity index (χ4n) is 1.54. The average molecular weight is 307 g/mol. The Morgan fingerprint density at radius 1 is 1.24 bits per heavy atom. The van der Waals surface area contributed by atoms with Crippen LogP contribution < -0.4 is 20.1 Å². The summed E-state index contributed by atoms with van der Waals surface area (Å²) in [5, 5.41) is 7.65. The first-order valence-corrected chi connectivity index (χ1v) is 7.38. The van der Waals surface area contributed by atoms with Gasteiger partial charge in [0.2, 0.25) is 0 Å². The molecule has 1 aromatic carbocycles. The number of hydrogen-bond acceptors (Lipinski definition) is 5. The highest BCUT2D eigenvalue weighted by Crippen LogP contribution is 2.17. The number of nitrogens with one attached hydrogen (secondary N) is 2. The van der Waals surface area contributed by atoms with Crippen LogP contribution in [0.4, 0.5) is 9.93 Å². The summed E-state index contributed by atoms with van der Waals surface area (Å²) in [4.78, 5) is 15.7. The fourth-order valence-corrected chi connectivity index (χ4v) is 2.22. The number of ether oxygens (including phenoxy) is 2. The number of anilines is 1. The molecule has 0 bridgehead atoms. The lowest BCUT2D eigenvalue weighted by molar-refractivity contribution is 0.234. The van der Waals surface area contributed by atoms with Crippen LogP contribution in [0.5, 0.6) is 11.5 Å². The maximum Gasteiger partial charge on any atom is 0.323 e. The third kappa shape index (κ3) is 4.96. The molecule has 2 aromatic rings. The molecule has 6 nitrogen and oxygen atoms in total. The van der Waals surface area contributed by atoms with Crippen molar-refractivity contribution in [2.45, 2.75) is 13.8 Å². The first-order chi connectivity index (χ1) is 10.2. The van der Waals surface area contributed by atoms with Crippen LogP contribution in [0.1, 0.15) is 12.6 Å². The summed E-state index contributed by atoms with van der Waals surface area (Å²) in [7, 11) is 0. The number of benzene rings is 1. The second-order valence-electron chi connectivity index (χ2n) is 4.12. The van der Waals surface area contributed by atoms with Gasteiger partial charge in [0, 0.05) is 5.38 Å². The largest absolute Gasteiger partial charge is 0.494 e. The highest BCUT2D eigenvalue weighted by molar-refractivity contribution is 7.13. The lowest BCUT2D eigenvalue weighted by atomic mass is 10.3. The van der Waals surface area contributed by atoms with Crippen LogP contribution in [0.3, 0.4) is 0 Å². The highest BCUT2D eigenvalue weighted by Gasteiger charge is 2.04. The molecule has 0 unspecified atom stereocenters. The van der Waals surface area contributed by atoms with Crippen molar-refractivity contribution in [3.05, 3.63) is 35.3 Å². The molecule has 0 spiro atoms. The molecule has 0 saturated carbocycles. The molecular formula is C14H17N3O3S. The lowest BCUT2D eigenvalue weighted by Crippen LogP contribution is -2.31. The number of carbonyl (C=O) groups is 1. The van der Waals surface area contributed by atoms with Crippen molar-refractivity contribution in [2.75, 3.05) is 18.7 Å². The average Bonchev–Trinajstić information content (AvgIpc) is 2.86. The molecule has 0 saturated heterocycles. The standard InChI is InChI=1S/C14H17N3O3S/c1-3-19-11-4-6-12(7-5-11)20-9-15-13(18)17-14-16-10(2)8-21-14/h4-8H,3,9H2,1-2H3,(H2,15,16,17,18). The normalized spacial score (nSPS) is 10.0. The maximum atomic E-state index is 11.6. The summed E-state index contributed by atoms with van der Waals surface area (Å²) >= 11 is 1.38. The molecule has 0 aliphatic heterocycles. The summed E-state index contributed by atoms with van der Waals surface area (Å²) in [5.74, 6) is 1.44. The minimum atomic E-state index is -0.352. The van der Waals surface area contributed by atoms with E-state index in [1.54, 1.807) is 12.1 Å². The van der Waals surface area contributed by atoms with Gasteiger partial charge in [0.05, 0.1) is 12.3 Å². The van der Waals surface area contributed by atoms with Gasteiger partial charge in [-0.1, -0.05) is 0 Å². The van der Waals surface area contributed by atoms with E-state index in [2.05, 4.69) is 15.6 Å². The molecule has 1 aromatic heterocycles. The van der Waals surface area contributed by atoms with Gasteiger partial charge in [0.1, 0.15) is 11.5 Å². The van der Waals surface area contributed by atoms with Gasteiger partial charge in [-0.15, -0.1) is 11.3 Å². The van der Waals surface area contributed by atoms with E-state index >= 15 is 0 Å². The Kier molecular flexibility index (Phi) is 5.39. The van der Waals surface area contributed by atoms with E-state index in [4.69, 9.17) is 9.47 Å². The van der Waals surface area contributed by atoms with Crippen LogP contribution in [0, 0.1) is 6.92 Å². The first-order valence-electron chi connectivity index (χ1n) is 6.50. The van der Waals surface area contributed by atoms with Crippen molar-refractivity contribution in [3.63, 3.8) is 0 Å². The Bertz CT molecular complexity index is 583. The monoisotopic (exact) mass is 307 g/mol.